The number of nitrogens with one attached hydrogen (secondary N) is 1. The van der Waals surface area contributed by atoms with Crippen molar-refractivity contribution < 1.29 is 9.21 Å². The topological polar surface area (TPSA) is 78.9 Å². The van der Waals surface area contributed by atoms with Crippen molar-refractivity contribution in [3.8, 4) is 28.7 Å². The number of hydrogen-bond donors (Lipinski definition) is 1. The van der Waals surface area contributed by atoms with Crippen molar-refractivity contribution in [2.75, 3.05) is 5.75 Å². The average molecular weight is 404 g/mol. The van der Waals surface area contributed by atoms with E-state index in [4.69, 9.17) is 4.42 Å². The largest absolute Gasteiger partial charge is 0.431 e. The van der Waals surface area contributed by atoms with Gasteiger partial charge in [-0.3, -0.25) is 4.79 Å². The van der Waals surface area contributed by atoms with E-state index in [-0.39, 0.29) is 11.7 Å². The van der Waals surface area contributed by atoms with Crippen molar-refractivity contribution in [3.05, 3.63) is 60.7 Å². The summed E-state index contributed by atoms with van der Waals surface area (Å²) in [5, 5.41) is 12.8. The fourth-order valence-electron chi connectivity index (χ4n) is 3.61. The summed E-state index contributed by atoms with van der Waals surface area (Å²) in [6.45, 7) is 0. The molecule has 29 heavy (non-hydrogen) atoms. The second-order valence-electron chi connectivity index (χ2n) is 7.13. The van der Waals surface area contributed by atoms with Crippen molar-refractivity contribution in [2.24, 2.45) is 0 Å². The van der Waals surface area contributed by atoms with Crippen LogP contribution in [-0.4, -0.2) is 22.2 Å². The number of thioether (sulfide) groups is 1. The maximum absolute atomic E-state index is 12.4. The Hall–Kier alpha value is -3.04. The molecule has 0 unspecified atom stereocenters. The number of carbonyl (C=O) groups is 1. The summed E-state index contributed by atoms with van der Waals surface area (Å²) in [5.41, 5.74) is 1.94. The molecule has 4 rings (SSSR count). The first-order valence-electron chi connectivity index (χ1n) is 9.66. The maximum Gasteiger partial charge on any atom is 0.257 e. The summed E-state index contributed by atoms with van der Waals surface area (Å²) in [6.07, 6.45) is 3.38. The van der Waals surface area contributed by atoms with Gasteiger partial charge in [-0.1, -0.05) is 72.4 Å². The zero-order chi connectivity index (χ0) is 20.1. The van der Waals surface area contributed by atoms with Crippen LogP contribution in [0.1, 0.15) is 25.7 Å². The molecule has 2 aromatic carbocycles. The molecule has 0 radical (unpaired) electrons. The quantitative estimate of drug-likeness (QED) is 0.583. The van der Waals surface area contributed by atoms with Crippen LogP contribution in [0, 0.1) is 11.3 Å². The zero-order valence-corrected chi connectivity index (χ0v) is 16.7. The molecule has 0 aliphatic heterocycles. The summed E-state index contributed by atoms with van der Waals surface area (Å²) in [4.78, 5) is 17.1. The number of oxazole rings is 1. The van der Waals surface area contributed by atoms with Crippen LogP contribution >= 0.6 is 11.8 Å². The van der Waals surface area contributed by atoms with Crippen molar-refractivity contribution in [2.45, 2.75) is 36.4 Å². The normalized spacial score (nSPS) is 15.0. The Morgan fingerprint density at radius 3 is 2.31 bits per heavy atom. The molecule has 1 amide bonds. The van der Waals surface area contributed by atoms with E-state index >= 15 is 0 Å². The molecule has 1 heterocycles. The molecule has 1 N–H and O–H groups in total. The first-order valence-corrected chi connectivity index (χ1v) is 10.6. The minimum absolute atomic E-state index is 0.159. The summed E-state index contributed by atoms with van der Waals surface area (Å²) < 4.78 is 6.03. The first kappa shape index (κ1) is 19.3. The van der Waals surface area contributed by atoms with Gasteiger partial charge in [-0.25, -0.2) is 4.98 Å². The van der Waals surface area contributed by atoms with E-state index in [1.54, 1.807) is 0 Å². The lowest BCUT2D eigenvalue weighted by molar-refractivity contribution is -0.119. The van der Waals surface area contributed by atoms with Gasteiger partial charge >= 0.3 is 0 Å². The maximum atomic E-state index is 12.4. The van der Waals surface area contributed by atoms with Crippen molar-refractivity contribution in [3.63, 3.8) is 0 Å². The van der Waals surface area contributed by atoms with Gasteiger partial charge in [0.25, 0.3) is 5.22 Å². The molecule has 1 aliphatic rings. The van der Waals surface area contributed by atoms with Crippen LogP contribution in [0.15, 0.2) is 70.3 Å². The van der Waals surface area contributed by atoms with Gasteiger partial charge in [-0.15, -0.1) is 0 Å². The minimum Gasteiger partial charge on any atom is -0.431 e. The van der Waals surface area contributed by atoms with Gasteiger partial charge in [-0.2, -0.15) is 5.26 Å². The summed E-state index contributed by atoms with van der Waals surface area (Å²) >= 11 is 1.25. The molecule has 1 aliphatic carbocycles. The number of aromatic nitrogens is 1. The van der Waals surface area contributed by atoms with Crippen LogP contribution in [-0.2, 0) is 4.79 Å². The van der Waals surface area contributed by atoms with Crippen molar-refractivity contribution in [1.82, 2.24) is 10.3 Å². The number of nitriles is 1. The van der Waals surface area contributed by atoms with Crippen LogP contribution in [0.2, 0.25) is 0 Å². The molecule has 0 spiro atoms. The molecular formula is C23H21N3O2S. The predicted molar refractivity (Wildman–Crippen MR) is 113 cm³/mol. The van der Waals surface area contributed by atoms with E-state index in [0.717, 1.165) is 42.5 Å². The van der Waals surface area contributed by atoms with E-state index in [9.17, 15) is 10.1 Å². The van der Waals surface area contributed by atoms with E-state index < -0.39 is 5.54 Å². The zero-order valence-electron chi connectivity index (χ0n) is 15.9. The Labute approximate surface area is 174 Å². The van der Waals surface area contributed by atoms with Crippen LogP contribution in [0.25, 0.3) is 22.6 Å². The SMILES string of the molecule is N#CC1(NC(=O)CSc2nc(-c3ccccc3)c(-c3ccccc3)o2)CCCC1. The highest BCUT2D eigenvalue weighted by atomic mass is 32.2. The first-order chi connectivity index (χ1) is 14.2. The number of carbonyl (C=O) groups excluding carboxylic acids is 1. The Bertz CT molecular complexity index is 962. The molecule has 0 bridgehead atoms. The highest BCUT2D eigenvalue weighted by molar-refractivity contribution is 7.99. The Morgan fingerprint density at radius 1 is 1.07 bits per heavy atom. The van der Waals surface area contributed by atoms with Gasteiger partial charge in [0.15, 0.2) is 5.76 Å². The highest BCUT2D eigenvalue weighted by Crippen LogP contribution is 2.35. The van der Waals surface area contributed by atoms with Crippen molar-refractivity contribution in [1.29, 1.82) is 5.26 Å². The molecule has 1 fully saturated rings. The Balaban J connectivity index is 1.53. The fraction of sp³-hybridized carbons (Fsp3) is 0.261. The lowest BCUT2D eigenvalue weighted by atomic mass is 10.0. The molecular weight excluding hydrogens is 382 g/mol. The van der Waals surface area contributed by atoms with Gasteiger partial charge in [0.05, 0.1) is 11.8 Å². The summed E-state index contributed by atoms with van der Waals surface area (Å²) in [6, 6.07) is 22.0. The van der Waals surface area contributed by atoms with Gasteiger partial charge in [0, 0.05) is 11.1 Å². The Kier molecular flexibility index (Phi) is 5.68. The standard InChI is InChI=1S/C23H21N3O2S/c24-16-23(13-7-8-14-23)26-19(27)15-29-22-25-20(17-9-3-1-4-10-17)21(28-22)18-11-5-2-6-12-18/h1-6,9-12H,7-8,13-15H2,(H,26,27). The number of nitrogens with zero attached hydrogens (tertiary/aromatic N) is 2. The lowest BCUT2D eigenvalue weighted by Crippen LogP contribution is -2.45. The van der Waals surface area contributed by atoms with Crippen molar-refractivity contribution >= 4 is 17.7 Å². The van der Waals surface area contributed by atoms with E-state index in [0.29, 0.717) is 11.0 Å². The molecule has 5 nitrogen and oxygen atoms in total. The minimum atomic E-state index is -0.710. The number of hydrogen-bond acceptors (Lipinski definition) is 5. The van der Waals surface area contributed by atoms with E-state index in [1.807, 2.05) is 60.7 Å². The molecule has 146 valence electrons. The number of amides is 1. The smallest absolute Gasteiger partial charge is 0.257 e. The Morgan fingerprint density at radius 2 is 1.69 bits per heavy atom. The third kappa shape index (κ3) is 4.36. The van der Waals surface area contributed by atoms with Crippen LogP contribution in [0.3, 0.4) is 0 Å². The molecule has 6 heteroatoms. The molecule has 0 saturated heterocycles. The van der Waals surface area contributed by atoms with Gasteiger partial charge in [-0.05, 0) is 25.7 Å². The lowest BCUT2D eigenvalue weighted by Gasteiger charge is -2.21. The highest BCUT2D eigenvalue weighted by Gasteiger charge is 2.35. The summed E-state index contributed by atoms with van der Waals surface area (Å²) in [5.74, 6) is 0.676. The van der Waals surface area contributed by atoms with Crippen LogP contribution in [0.4, 0.5) is 0 Å². The third-order valence-corrected chi connectivity index (χ3v) is 5.90. The van der Waals surface area contributed by atoms with Gasteiger partial charge in [0.1, 0.15) is 11.2 Å². The summed E-state index contributed by atoms with van der Waals surface area (Å²) in [7, 11) is 0. The van der Waals surface area contributed by atoms with Crippen LogP contribution < -0.4 is 5.32 Å². The average Bonchev–Trinajstić information content (AvgIpc) is 3.41. The third-order valence-electron chi connectivity index (χ3n) is 5.07. The van der Waals surface area contributed by atoms with E-state index in [1.165, 1.54) is 11.8 Å². The molecule has 0 atom stereocenters. The van der Waals surface area contributed by atoms with Gasteiger partial charge in [0.2, 0.25) is 5.91 Å². The second-order valence-corrected chi connectivity index (χ2v) is 8.05. The van der Waals surface area contributed by atoms with Crippen LogP contribution in [0.5, 0.6) is 0 Å². The second kappa shape index (κ2) is 8.54. The molecule has 1 saturated carbocycles. The van der Waals surface area contributed by atoms with Gasteiger partial charge < -0.3 is 9.73 Å². The molecule has 1 aromatic heterocycles. The monoisotopic (exact) mass is 403 g/mol. The molecule has 3 aromatic rings. The number of benzene rings is 2. The number of rotatable bonds is 6. The predicted octanol–water partition coefficient (Wildman–Crippen LogP) is 5.05. The van der Waals surface area contributed by atoms with E-state index in [2.05, 4.69) is 16.4 Å². The fourth-order valence-corrected chi connectivity index (χ4v) is 4.24.